The fourth-order valence-corrected chi connectivity index (χ4v) is 3.51. The molecule has 2 N–H and O–H groups in total. The van der Waals surface area contributed by atoms with E-state index < -0.39 is 17.7 Å². The van der Waals surface area contributed by atoms with E-state index in [9.17, 15) is 14.4 Å². The minimum Gasteiger partial charge on any atom is -0.497 e. The molecule has 2 aromatic rings. The number of esters is 1. The number of hydrogen-bond acceptors (Lipinski definition) is 6. The molecule has 1 aromatic carbocycles. The summed E-state index contributed by atoms with van der Waals surface area (Å²) in [6.45, 7) is 4.50. The Morgan fingerprint density at radius 2 is 1.97 bits per heavy atom. The lowest BCUT2D eigenvalue weighted by Crippen LogP contribution is -2.36. The van der Waals surface area contributed by atoms with Crippen LogP contribution >= 0.6 is 0 Å². The third-order valence-corrected chi connectivity index (χ3v) is 4.99. The highest BCUT2D eigenvalue weighted by atomic mass is 16.5. The summed E-state index contributed by atoms with van der Waals surface area (Å²) in [7, 11) is 1.55. The van der Waals surface area contributed by atoms with Crippen molar-refractivity contribution in [2.45, 2.75) is 32.8 Å². The first-order valence-corrected chi connectivity index (χ1v) is 9.94. The molecule has 1 atom stereocenters. The number of carbonyl (C=O) groups excluding carboxylic acids is 3. The van der Waals surface area contributed by atoms with Crippen LogP contribution in [-0.4, -0.2) is 55.6 Å². The molecule has 8 heteroatoms. The summed E-state index contributed by atoms with van der Waals surface area (Å²) in [6.07, 6.45) is 1.71. The van der Waals surface area contributed by atoms with Crippen molar-refractivity contribution in [1.82, 2.24) is 10.3 Å². The standard InChI is InChI=1S/C22H26N2O6/c1-4-29-22(27)17-13(2)24-19(18(17)14-7-9-15(28-3)10-8-14)20(25)21(26)23-12-16-6-5-11-30-16/h7-10,16,24H,4-6,11-12H2,1-3H3,(H,23,26)/t16-/m0/s1. The van der Waals surface area contributed by atoms with Gasteiger partial charge in [0.25, 0.3) is 11.7 Å². The van der Waals surface area contributed by atoms with Crippen molar-refractivity contribution in [3.05, 3.63) is 41.2 Å². The van der Waals surface area contributed by atoms with Gasteiger partial charge >= 0.3 is 5.97 Å². The summed E-state index contributed by atoms with van der Waals surface area (Å²) in [6, 6.07) is 6.90. The number of amides is 1. The molecule has 1 aromatic heterocycles. The van der Waals surface area contributed by atoms with Crippen LogP contribution in [0.25, 0.3) is 11.1 Å². The highest BCUT2D eigenvalue weighted by molar-refractivity contribution is 6.43. The molecule has 0 spiro atoms. The van der Waals surface area contributed by atoms with Gasteiger partial charge in [0.05, 0.1) is 25.4 Å². The summed E-state index contributed by atoms with van der Waals surface area (Å²) in [4.78, 5) is 41.0. The van der Waals surface area contributed by atoms with Crippen molar-refractivity contribution in [3.8, 4) is 16.9 Å². The van der Waals surface area contributed by atoms with Crippen molar-refractivity contribution in [3.63, 3.8) is 0 Å². The quantitative estimate of drug-likeness (QED) is 0.391. The van der Waals surface area contributed by atoms with Crippen molar-refractivity contribution >= 4 is 17.7 Å². The van der Waals surface area contributed by atoms with Crippen LogP contribution in [0.2, 0.25) is 0 Å². The maximum atomic E-state index is 13.0. The first-order chi connectivity index (χ1) is 14.5. The van der Waals surface area contributed by atoms with Gasteiger partial charge < -0.3 is 24.5 Å². The van der Waals surface area contributed by atoms with Gasteiger partial charge in [0.2, 0.25) is 0 Å². The number of H-pyrrole nitrogens is 1. The second-order valence-electron chi connectivity index (χ2n) is 7.00. The Bertz CT molecular complexity index is 926. The molecule has 1 saturated heterocycles. The number of hydrogen-bond donors (Lipinski definition) is 2. The molecule has 0 unspecified atom stereocenters. The number of ether oxygens (including phenoxy) is 3. The van der Waals surface area contributed by atoms with Gasteiger partial charge in [-0.3, -0.25) is 9.59 Å². The number of nitrogens with one attached hydrogen (secondary N) is 2. The van der Waals surface area contributed by atoms with E-state index in [0.29, 0.717) is 29.2 Å². The van der Waals surface area contributed by atoms with E-state index in [4.69, 9.17) is 14.2 Å². The number of carbonyl (C=O) groups is 3. The Morgan fingerprint density at radius 3 is 2.57 bits per heavy atom. The van der Waals surface area contributed by atoms with Crippen LogP contribution in [0.4, 0.5) is 0 Å². The zero-order valence-corrected chi connectivity index (χ0v) is 17.4. The van der Waals surface area contributed by atoms with Gasteiger partial charge in [-0.05, 0) is 44.4 Å². The molecule has 0 saturated carbocycles. The number of aromatic amines is 1. The second kappa shape index (κ2) is 9.58. The zero-order chi connectivity index (χ0) is 21.7. The van der Waals surface area contributed by atoms with Gasteiger partial charge in [-0.25, -0.2) is 4.79 Å². The van der Waals surface area contributed by atoms with Crippen LogP contribution in [-0.2, 0) is 14.3 Å². The first-order valence-electron chi connectivity index (χ1n) is 9.94. The van der Waals surface area contributed by atoms with Crippen LogP contribution < -0.4 is 10.1 Å². The minimum absolute atomic E-state index is 0.0468. The number of ketones is 1. The average molecular weight is 414 g/mol. The Morgan fingerprint density at radius 1 is 1.23 bits per heavy atom. The normalized spacial score (nSPS) is 15.6. The highest BCUT2D eigenvalue weighted by Crippen LogP contribution is 2.32. The largest absolute Gasteiger partial charge is 0.497 e. The maximum Gasteiger partial charge on any atom is 0.340 e. The van der Waals surface area contributed by atoms with Crippen LogP contribution in [0.3, 0.4) is 0 Å². The maximum absolute atomic E-state index is 13.0. The van der Waals surface area contributed by atoms with Crippen molar-refractivity contribution in [1.29, 1.82) is 0 Å². The number of benzene rings is 1. The molecule has 8 nitrogen and oxygen atoms in total. The molecule has 2 heterocycles. The number of aryl methyl sites for hydroxylation is 1. The molecule has 0 aliphatic carbocycles. The molecule has 1 fully saturated rings. The monoisotopic (exact) mass is 414 g/mol. The lowest BCUT2D eigenvalue weighted by Gasteiger charge is -2.11. The SMILES string of the molecule is CCOC(=O)c1c(C)[nH]c(C(=O)C(=O)NC[C@@H]2CCCO2)c1-c1ccc(OC)cc1. The zero-order valence-electron chi connectivity index (χ0n) is 17.4. The Kier molecular flexibility index (Phi) is 6.89. The molecule has 1 aliphatic rings. The second-order valence-corrected chi connectivity index (χ2v) is 7.00. The highest BCUT2D eigenvalue weighted by Gasteiger charge is 2.30. The van der Waals surface area contributed by atoms with Crippen LogP contribution in [0.5, 0.6) is 5.75 Å². The summed E-state index contributed by atoms with van der Waals surface area (Å²) in [5.41, 5.74) is 1.67. The van der Waals surface area contributed by atoms with E-state index in [1.165, 1.54) is 0 Å². The van der Waals surface area contributed by atoms with Crippen molar-refractivity contribution in [2.24, 2.45) is 0 Å². The summed E-state index contributed by atoms with van der Waals surface area (Å²) in [5, 5.41) is 2.63. The predicted molar refractivity (Wildman–Crippen MR) is 110 cm³/mol. The van der Waals surface area contributed by atoms with E-state index in [0.717, 1.165) is 12.8 Å². The van der Waals surface area contributed by atoms with E-state index in [2.05, 4.69) is 10.3 Å². The van der Waals surface area contributed by atoms with Gasteiger partial charge in [0.1, 0.15) is 11.4 Å². The minimum atomic E-state index is -0.753. The molecular weight excluding hydrogens is 388 g/mol. The summed E-state index contributed by atoms with van der Waals surface area (Å²) < 4.78 is 15.8. The van der Waals surface area contributed by atoms with E-state index in [1.807, 2.05) is 0 Å². The molecular formula is C22H26N2O6. The van der Waals surface area contributed by atoms with Gasteiger partial charge in [-0.15, -0.1) is 0 Å². The third-order valence-electron chi connectivity index (χ3n) is 4.99. The lowest BCUT2D eigenvalue weighted by molar-refractivity contribution is -0.117. The number of aromatic nitrogens is 1. The average Bonchev–Trinajstić information content (AvgIpc) is 3.39. The van der Waals surface area contributed by atoms with E-state index in [-0.39, 0.29) is 30.5 Å². The number of Topliss-reactive ketones (excluding diaryl/α,β-unsaturated/α-hetero) is 1. The molecule has 3 rings (SSSR count). The van der Waals surface area contributed by atoms with E-state index >= 15 is 0 Å². The van der Waals surface area contributed by atoms with Crippen LogP contribution in [0.1, 0.15) is 46.3 Å². The summed E-state index contributed by atoms with van der Waals surface area (Å²) in [5.74, 6) is -1.43. The van der Waals surface area contributed by atoms with Gasteiger partial charge in [-0.2, -0.15) is 0 Å². The van der Waals surface area contributed by atoms with Crippen molar-refractivity contribution in [2.75, 3.05) is 26.9 Å². The molecule has 160 valence electrons. The van der Waals surface area contributed by atoms with E-state index in [1.54, 1.807) is 45.2 Å². The predicted octanol–water partition coefficient (Wildman–Crippen LogP) is 2.65. The number of methoxy groups -OCH3 is 1. The third kappa shape index (κ3) is 4.54. The van der Waals surface area contributed by atoms with Gasteiger partial charge in [0, 0.05) is 24.4 Å². The lowest BCUT2D eigenvalue weighted by atomic mass is 9.98. The molecule has 0 bridgehead atoms. The smallest absolute Gasteiger partial charge is 0.340 e. The Labute approximate surface area is 174 Å². The van der Waals surface area contributed by atoms with Crippen molar-refractivity contribution < 1.29 is 28.6 Å². The van der Waals surface area contributed by atoms with Crippen LogP contribution in [0.15, 0.2) is 24.3 Å². The molecule has 1 aliphatic heterocycles. The van der Waals surface area contributed by atoms with Crippen LogP contribution in [0, 0.1) is 6.92 Å². The molecule has 1 amide bonds. The first kappa shape index (κ1) is 21.6. The van der Waals surface area contributed by atoms with Gasteiger partial charge in [0.15, 0.2) is 0 Å². The summed E-state index contributed by atoms with van der Waals surface area (Å²) >= 11 is 0. The molecule has 0 radical (unpaired) electrons. The van der Waals surface area contributed by atoms with Gasteiger partial charge in [-0.1, -0.05) is 12.1 Å². The Balaban J connectivity index is 1.95. The fraction of sp³-hybridized carbons (Fsp3) is 0.409. The molecule has 30 heavy (non-hydrogen) atoms. The Hall–Kier alpha value is -3.13. The topological polar surface area (TPSA) is 107 Å². The number of rotatable bonds is 8. The fourth-order valence-electron chi connectivity index (χ4n) is 3.51.